The Morgan fingerprint density at radius 3 is 2.61 bits per heavy atom. The van der Waals surface area contributed by atoms with Crippen LogP contribution in [0.5, 0.6) is 0 Å². The van der Waals surface area contributed by atoms with E-state index in [2.05, 4.69) is 10.6 Å². The zero-order valence-corrected chi connectivity index (χ0v) is 16.2. The Balaban J connectivity index is 1.88. The number of imide groups is 1. The number of unbranched alkanes of at least 4 members (excludes halogenated alkanes) is 1. The minimum absolute atomic E-state index is 0.00989. The van der Waals surface area contributed by atoms with Crippen LogP contribution in [0.2, 0.25) is 0 Å². The summed E-state index contributed by atoms with van der Waals surface area (Å²) >= 11 is 0.893. The van der Waals surface area contributed by atoms with Crippen molar-refractivity contribution in [1.82, 2.24) is 10.2 Å². The van der Waals surface area contributed by atoms with Crippen LogP contribution in [0.3, 0.4) is 0 Å². The monoisotopic (exact) mass is 407 g/mol. The van der Waals surface area contributed by atoms with Crippen LogP contribution in [0, 0.1) is 0 Å². The van der Waals surface area contributed by atoms with Crippen molar-refractivity contribution in [2.24, 2.45) is 0 Å². The number of benzene rings is 1. The number of rotatable bonds is 8. The molecule has 0 atom stereocenters. The number of nitrogens with zero attached hydrogens (tertiary/aromatic N) is 1. The van der Waals surface area contributed by atoms with Crippen LogP contribution < -0.4 is 10.6 Å². The molecule has 4 amide bonds. The van der Waals surface area contributed by atoms with E-state index in [1.165, 1.54) is 12.1 Å². The number of esters is 1. The number of para-hydroxylation sites is 1. The van der Waals surface area contributed by atoms with E-state index in [0.717, 1.165) is 29.5 Å². The van der Waals surface area contributed by atoms with E-state index in [1.807, 2.05) is 6.92 Å². The van der Waals surface area contributed by atoms with Crippen LogP contribution in [0.1, 0.15) is 30.1 Å². The molecule has 10 heteroatoms. The number of thioether (sulfide) groups is 1. The fraction of sp³-hybridized carbons (Fsp3) is 0.389. The van der Waals surface area contributed by atoms with E-state index < -0.39 is 17.8 Å². The van der Waals surface area contributed by atoms with Gasteiger partial charge in [0.2, 0.25) is 5.91 Å². The average Bonchev–Trinajstić information content (AvgIpc) is 3.00. The molecule has 0 unspecified atom stereocenters. The summed E-state index contributed by atoms with van der Waals surface area (Å²) in [5.74, 6) is -2.75. The first-order valence-electron chi connectivity index (χ1n) is 8.76. The van der Waals surface area contributed by atoms with Gasteiger partial charge in [-0.1, -0.05) is 37.2 Å². The molecule has 28 heavy (non-hydrogen) atoms. The molecular formula is C18H21N3O6S. The standard InChI is InChI=1S/C18H21N3O6S/c1-2-3-10-27-17(25)12-6-4-5-7-13(12)20-16(24)15(23)19-8-9-21-14(22)11-28-18(21)26/h4-7H,2-3,8-11H2,1H3,(H,19,23)(H,20,24). The molecule has 0 radical (unpaired) electrons. The molecule has 0 aliphatic carbocycles. The van der Waals surface area contributed by atoms with Crippen LogP contribution in [-0.2, 0) is 19.1 Å². The Hall–Kier alpha value is -2.88. The second-order valence-electron chi connectivity index (χ2n) is 5.85. The third kappa shape index (κ3) is 5.81. The molecule has 0 bridgehead atoms. The van der Waals surface area contributed by atoms with E-state index in [0.29, 0.717) is 0 Å². The zero-order valence-electron chi connectivity index (χ0n) is 15.4. The largest absolute Gasteiger partial charge is 0.462 e. The van der Waals surface area contributed by atoms with Crippen molar-refractivity contribution in [3.05, 3.63) is 29.8 Å². The number of anilines is 1. The van der Waals surface area contributed by atoms with Gasteiger partial charge < -0.3 is 15.4 Å². The lowest BCUT2D eigenvalue weighted by molar-refractivity contribution is -0.136. The maximum atomic E-state index is 12.1. The second-order valence-corrected chi connectivity index (χ2v) is 6.77. The molecule has 1 heterocycles. The van der Waals surface area contributed by atoms with E-state index in [1.54, 1.807) is 12.1 Å². The third-order valence-electron chi connectivity index (χ3n) is 3.79. The molecule has 1 aliphatic rings. The number of nitrogens with one attached hydrogen (secondary N) is 2. The van der Waals surface area contributed by atoms with Gasteiger partial charge in [0.1, 0.15) is 0 Å². The summed E-state index contributed by atoms with van der Waals surface area (Å²) in [6, 6.07) is 6.21. The predicted molar refractivity (Wildman–Crippen MR) is 103 cm³/mol. The first kappa shape index (κ1) is 21.4. The Labute approximate surface area is 166 Å². The molecule has 1 saturated heterocycles. The predicted octanol–water partition coefficient (Wildman–Crippen LogP) is 1.39. The van der Waals surface area contributed by atoms with Crippen molar-refractivity contribution in [3.63, 3.8) is 0 Å². The summed E-state index contributed by atoms with van der Waals surface area (Å²) in [6.45, 7) is 2.17. The molecule has 0 aromatic heterocycles. The molecular weight excluding hydrogens is 386 g/mol. The quantitative estimate of drug-likeness (QED) is 0.379. The van der Waals surface area contributed by atoms with Crippen molar-refractivity contribution in [2.45, 2.75) is 19.8 Å². The van der Waals surface area contributed by atoms with Crippen molar-refractivity contribution in [3.8, 4) is 0 Å². The fourth-order valence-corrected chi connectivity index (χ4v) is 3.05. The smallest absolute Gasteiger partial charge is 0.340 e. The topological polar surface area (TPSA) is 122 Å². The maximum absolute atomic E-state index is 12.1. The van der Waals surface area contributed by atoms with Crippen molar-refractivity contribution in [2.75, 3.05) is 30.8 Å². The van der Waals surface area contributed by atoms with Crippen molar-refractivity contribution >= 4 is 46.4 Å². The minimum Gasteiger partial charge on any atom is -0.462 e. The molecule has 1 aromatic carbocycles. The summed E-state index contributed by atoms with van der Waals surface area (Å²) in [7, 11) is 0. The molecule has 1 fully saturated rings. The van der Waals surface area contributed by atoms with E-state index >= 15 is 0 Å². The average molecular weight is 407 g/mol. The van der Waals surface area contributed by atoms with Gasteiger partial charge in [-0.2, -0.15) is 0 Å². The van der Waals surface area contributed by atoms with Crippen LogP contribution in [-0.4, -0.2) is 59.3 Å². The lowest BCUT2D eigenvalue weighted by Gasteiger charge is -2.13. The second kappa shape index (κ2) is 10.5. The SMILES string of the molecule is CCCCOC(=O)c1ccccc1NC(=O)C(=O)NCCN1C(=O)CSC1=O. The molecule has 1 aromatic rings. The van der Waals surface area contributed by atoms with Gasteiger partial charge in [0, 0.05) is 13.1 Å². The summed E-state index contributed by atoms with van der Waals surface area (Å²) in [5.41, 5.74) is 0.301. The molecule has 2 rings (SSSR count). The Morgan fingerprint density at radius 2 is 1.93 bits per heavy atom. The number of hydrogen-bond donors (Lipinski definition) is 2. The van der Waals surface area contributed by atoms with Gasteiger partial charge in [0.25, 0.3) is 5.24 Å². The van der Waals surface area contributed by atoms with Gasteiger partial charge >= 0.3 is 17.8 Å². The van der Waals surface area contributed by atoms with E-state index in [4.69, 9.17) is 4.74 Å². The van der Waals surface area contributed by atoms with Gasteiger partial charge in [0.15, 0.2) is 0 Å². The number of hydrogen-bond acceptors (Lipinski definition) is 7. The van der Waals surface area contributed by atoms with Crippen molar-refractivity contribution in [1.29, 1.82) is 0 Å². The summed E-state index contributed by atoms with van der Waals surface area (Å²) in [4.78, 5) is 60.1. The zero-order chi connectivity index (χ0) is 20.5. The molecule has 9 nitrogen and oxygen atoms in total. The highest BCUT2D eigenvalue weighted by Gasteiger charge is 2.29. The summed E-state index contributed by atoms with van der Waals surface area (Å²) < 4.78 is 5.13. The highest BCUT2D eigenvalue weighted by atomic mass is 32.2. The lowest BCUT2D eigenvalue weighted by Crippen LogP contribution is -2.41. The first-order valence-corrected chi connectivity index (χ1v) is 9.75. The molecule has 0 spiro atoms. The number of ether oxygens (including phenoxy) is 1. The highest BCUT2D eigenvalue weighted by Crippen LogP contribution is 2.18. The van der Waals surface area contributed by atoms with Crippen LogP contribution >= 0.6 is 11.8 Å². The van der Waals surface area contributed by atoms with E-state index in [9.17, 15) is 24.0 Å². The number of carbonyl (C=O) groups is 5. The number of carbonyl (C=O) groups excluding carboxylic acids is 5. The molecule has 150 valence electrons. The van der Waals surface area contributed by atoms with Gasteiger partial charge in [-0.3, -0.25) is 24.1 Å². The van der Waals surface area contributed by atoms with Crippen molar-refractivity contribution < 1.29 is 28.7 Å². The minimum atomic E-state index is -0.970. The van der Waals surface area contributed by atoms with Crippen LogP contribution in [0.25, 0.3) is 0 Å². The van der Waals surface area contributed by atoms with Gasteiger partial charge in [-0.25, -0.2) is 4.79 Å². The van der Waals surface area contributed by atoms with Crippen LogP contribution in [0.15, 0.2) is 24.3 Å². The maximum Gasteiger partial charge on any atom is 0.340 e. The van der Waals surface area contributed by atoms with Gasteiger partial charge in [-0.15, -0.1) is 0 Å². The normalized spacial score (nSPS) is 13.4. The molecule has 1 aliphatic heterocycles. The van der Waals surface area contributed by atoms with Gasteiger partial charge in [0.05, 0.1) is 23.6 Å². The lowest BCUT2D eigenvalue weighted by atomic mass is 10.2. The molecule has 2 N–H and O–H groups in total. The Bertz CT molecular complexity index is 766. The van der Waals surface area contributed by atoms with E-state index in [-0.39, 0.29) is 47.8 Å². The summed E-state index contributed by atoms with van der Waals surface area (Å²) in [6.07, 6.45) is 1.60. The third-order valence-corrected chi connectivity index (χ3v) is 4.65. The Kier molecular flexibility index (Phi) is 8.00. The Morgan fingerprint density at radius 1 is 1.18 bits per heavy atom. The van der Waals surface area contributed by atoms with Gasteiger partial charge in [-0.05, 0) is 18.6 Å². The summed E-state index contributed by atoms with van der Waals surface area (Å²) in [5, 5.41) is 4.34. The molecule has 0 saturated carbocycles. The number of amides is 4. The fourth-order valence-electron chi connectivity index (χ4n) is 2.29. The highest BCUT2D eigenvalue weighted by molar-refractivity contribution is 8.14. The first-order chi connectivity index (χ1) is 13.4. The van der Waals surface area contributed by atoms with Crippen LogP contribution in [0.4, 0.5) is 10.5 Å².